The van der Waals surface area contributed by atoms with Crippen molar-refractivity contribution < 1.29 is 18.0 Å². The summed E-state index contributed by atoms with van der Waals surface area (Å²) in [5.74, 6) is -0.519. The van der Waals surface area contributed by atoms with Gasteiger partial charge in [0, 0.05) is 19.6 Å². The highest BCUT2D eigenvalue weighted by molar-refractivity contribution is 6.01. The molecule has 1 fully saturated rings. The lowest BCUT2D eigenvalue weighted by Gasteiger charge is -2.30. The molecule has 2 aliphatic rings. The molecule has 0 spiro atoms. The van der Waals surface area contributed by atoms with Crippen molar-refractivity contribution in [2.75, 3.05) is 19.6 Å². The number of nitrogens with one attached hydrogen (secondary N) is 1. The van der Waals surface area contributed by atoms with Crippen molar-refractivity contribution >= 4 is 36.8 Å². The van der Waals surface area contributed by atoms with Crippen molar-refractivity contribution in [1.29, 1.82) is 0 Å². The van der Waals surface area contributed by atoms with Crippen molar-refractivity contribution in [2.45, 2.75) is 12.2 Å². The quantitative estimate of drug-likeness (QED) is 0.839. The molecule has 3 rings (SSSR count). The minimum atomic E-state index is -4.54. The smallest absolute Gasteiger partial charge is 0.329 e. The van der Waals surface area contributed by atoms with E-state index in [-0.39, 0.29) is 36.4 Å². The number of amides is 1. The predicted octanol–water partition coefficient (Wildman–Crippen LogP) is 3.29. The Morgan fingerprint density at radius 1 is 1.32 bits per heavy atom. The third-order valence-electron chi connectivity index (χ3n) is 3.81. The number of carbonyl (C=O) groups excluding carboxylic acids is 1. The molecule has 1 atom stereocenters. The molecule has 122 valence electrons. The van der Waals surface area contributed by atoms with Gasteiger partial charge in [0.15, 0.2) is 0 Å². The number of nitrogens with zero attached hydrogens (tertiary/aromatic N) is 1. The van der Waals surface area contributed by atoms with E-state index in [1.165, 1.54) is 11.0 Å². The van der Waals surface area contributed by atoms with E-state index in [4.69, 9.17) is 0 Å². The summed E-state index contributed by atoms with van der Waals surface area (Å²) < 4.78 is 39.6. The van der Waals surface area contributed by atoms with Crippen LogP contribution in [0.5, 0.6) is 0 Å². The Hall–Kier alpha value is -1.24. The summed E-state index contributed by atoms with van der Waals surface area (Å²) in [5, 5.41) is 3.11. The Morgan fingerprint density at radius 3 is 2.59 bits per heavy atom. The average molecular weight is 355 g/mol. The van der Waals surface area contributed by atoms with Gasteiger partial charge in [-0.25, -0.2) is 0 Å². The number of hydrogen-bond acceptors (Lipinski definition) is 2. The van der Waals surface area contributed by atoms with Crippen molar-refractivity contribution in [3.63, 3.8) is 0 Å². The summed E-state index contributed by atoms with van der Waals surface area (Å²) in [5.41, 5.74) is -0.218. The number of halogens is 5. The second-order valence-electron chi connectivity index (χ2n) is 4.95. The Bertz CT molecular complexity index is 604. The molecule has 1 N–H and O–H groups in total. The second kappa shape index (κ2) is 6.48. The molecule has 0 bridgehead atoms. The van der Waals surface area contributed by atoms with Crippen LogP contribution in [0.2, 0.25) is 0 Å². The van der Waals surface area contributed by atoms with E-state index in [0.717, 1.165) is 6.07 Å². The Balaban J connectivity index is 0.00000121. The van der Waals surface area contributed by atoms with Crippen molar-refractivity contribution in [3.05, 3.63) is 41.0 Å². The van der Waals surface area contributed by atoms with Gasteiger partial charge in [0.05, 0.1) is 17.2 Å². The largest absolute Gasteiger partial charge is 0.417 e. The first kappa shape index (κ1) is 18.8. The van der Waals surface area contributed by atoms with Crippen LogP contribution in [0, 0.1) is 0 Å². The molecule has 2 heterocycles. The number of rotatable bonds is 1. The number of alkyl halides is 3. The fourth-order valence-electron chi connectivity index (χ4n) is 2.90. The first-order valence-electron chi connectivity index (χ1n) is 6.32. The van der Waals surface area contributed by atoms with Crippen LogP contribution in [-0.2, 0) is 6.18 Å². The summed E-state index contributed by atoms with van der Waals surface area (Å²) in [7, 11) is 0. The Morgan fingerprint density at radius 2 is 2.00 bits per heavy atom. The van der Waals surface area contributed by atoms with Gasteiger partial charge >= 0.3 is 6.18 Å². The molecule has 0 radical (unpaired) electrons. The molecule has 0 unspecified atom stereocenters. The first-order chi connectivity index (χ1) is 9.43. The van der Waals surface area contributed by atoms with Gasteiger partial charge in [-0.15, -0.1) is 24.8 Å². The summed E-state index contributed by atoms with van der Waals surface area (Å²) in [6, 6.07) is 2.31. The molecule has 22 heavy (non-hydrogen) atoms. The van der Waals surface area contributed by atoms with Crippen molar-refractivity contribution in [3.8, 4) is 0 Å². The predicted molar refractivity (Wildman–Crippen MR) is 82.7 cm³/mol. The van der Waals surface area contributed by atoms with Crippen LogP contribution in [0.3, 0.4) is 0 Å². The van der Waals surface area contributed by atoms with Gasteiger partial charge in [-0.05, 0) is 23.3 Å². The molecule has 8 heteroatoms. The molecule has 1 aromatic rings. The van der Waals surface area contributed by atoms with Crippen LogP contribution in [-0.4, -0.2) is 30.4 Å². The maximum atomic E-state index is 13.2. The van der Waals surface area contributed by atoms with Crippen LogP contribution in [0.15, 0.2) is 18.7 Å². The van der Waals surface area contributed by atoms with E-state index in [9.17, 15) is 18.0 Å². The molecule has 3 nitrogen and oxygen atoms in total. The van der Waals surface area contributed by atoms with Gasteiger partial charge in [0.2, 0.25) is 0 Å². The van der Waals surface area contributed by atoms with Crippen LogP contribution < -0.4 is 5.32 Å². The van der Waals surface area contributed by atoms with E-state index in [1.807, 2.05) is 0 Å². The number of piperazine rings is 1. The lowest BCUT2D eigenvalue weighted by Crippen LogP contribution is -2.44. The molecular weight excluding hydrogens is 340 g/mol. The van der Waals surface area contributed by atoms with E-state index < -0.39 is 17.6 Å². The molecule has 1 amide bonds. The van der Waals surface area contributed by atoms with Crippen molar-refractivity contribution in [2.24, 2.45) is 0 Å². The lowest BCUT2D eigenvalue weighted by atomic mass is 9.95. The van der Waals surface area contributed by atoms with Gasteiger partial charge in [0.25, 0.3) is 5.91 Å². The Kier molecular flexibility index (Phi) is 5.54. The second-order valence-corrected chi connectivity index (χ2v) is 4.95. The number of benzene rings is 1. The van der Waals surface area contributed by atoms with E-state index in [0.29, 0.717) is 30.8 Å². The highest BCUT2D eigenvalue weighted by Crippen LogP contribution is 2.42. The molecular formula is C14H15Cl2F3N2O. The van der Waals surface area contributed by atoms with Crippen molar-refractivity contribution in [1.82, 2.24) is 10.2 Å². The van der Waals surface area contributed by atoms with E-state index in [1.54, 1.807) is 6.07 Å². The minimum Gasteiger partial charge on any atom is -0.329 e. The summed E-state index contributed by atoms with van der Waals surface area (Å²) in [6.45, 7) is 5.04. The zero-order valence-corrected chi connectivity index (χ0v) is 13.1. The molecule has 1 aromatic carbocycles. The van der Waals surface area contributed by atoms with Gasteiger partial charge in [-0.3, -0.25) is 4.79 Å². The van der Waals surface area contributed by atoms with E-state index in [2.05, 4.69) is 11.9 Å². The summed E-state index contributed by atoms with van der Waals surface area (Å²) >= 11 is 0. The fourth-order valence-corrected chi connectivity index (χ4v) is 2.90. The maximum absolute atomic E-state index is 13.2. The zero-order valence-electron chi connectivity index (χ0n) is 11.4. The molecule has 0 aromatic heterocycles. The van der Waals surface area contributed by atoms with Gasteiger partial charge < -0.3 is 10.2 Å². The Labute approximate surface area is 138 Å². The SMILES string of the molecule is C=Cc1cc2c(c(C(F)(F)F)c1)C(=O)N1CCNC[C@@H]21.Cl.Cl. The van der Waals surface area contributed by atoms with E-state index >= 15 is 0 Å². The molecule has 0 saturated carbocycles. The van der Waals surface area contributed by atoms with Crippen LogP contribution in [0.1, 0.15) is 33.1 Å². The standard InChI is InChI=1S/C14H13F3N2O.2ClH/c1-2-8-5-9-11-7-18-3-4-19(11)13(20)12(9)10(6-8)14(15,16)17;;/h2,5-6,11,18H,1,3-4,7H2;2*1H/t11-;;/m0../s1. The lowest BCUT2D eigenvalue weighted by molar-refractivity contribution is -0.137. The van der Waals surface area contributed by atoms with Gasteiger partial charge in [0.1, 0.15) is 0 Å². The highest BCUT2D eigenvalue weighted by atomic mass is 35.5. The topological polar surface area (TPSA) is 32.3 Å². The summed E-state index contributed by atoms with van der Waals surface area (Å²) in [4.78, 5) is 13.8. The maximum Gasteiger partial charge on any atom is 0.417 e. The summed E-state index contributed by atoms with van der Waals surface area (Å²) in [6.07, 6.45) is -3.17. The molecule has 0 aliphatic carbocycles. The third kappa shape index (κ3) is 2.83. The van der Waals surface area contributed by atoms with Crippen LogP contribution in [0.25, 0.3) is 6.08 Å². The van der Waals surface area contributed by atoms with Gasteiger partial charge in [-0.2, -0.15) is 13.2 Å². The number of carbonyl (C=O) groups is 1. The molecule has 1 saturated heterocycles. The normalized spacial score (nSPS) is 19.7. The average Bonchev–Trinajstić information content (AvgIpc) is 2.71. The van der Waals surface area contributed by atoms with Crippen LogP contribution >= 0.6 is 24.8 Å². The highest BCUT2D eigenvalue weighted by Gasteiger charge is 2.45. The number of fused-ring (bicyclic) bond motifs is 3. The zero-order chi connectivity index (χ0) is 14.5. The fraction of sp³-hybridized carbons (Fsp3) is 0.357. The third-order valence-corrected chi connectivity index (χ3v) is 3.81. The van der Waals surface area contributed by atoms with Gasteiger partial charge in [-0.1, -0.05) is 12.7 Å². The number of hydrogen-bond donors (Lipinski definition) is 1. The molecule has 2 aliphatic heterocycles. The van der Waals surface area contributed by atoms with Crippen LogP contribution in [0.4, 0.5) is 13.2 Å². The first-order valence-corrected chi connectivity index (χ1v) is 6.32. The minimum absolute atomic E-state index is 0. The monoisotopic (exact) mass is 354 g/mol.